The normalized spacial score (nSPS) is 17.9. The highest BCUT2D eigenvalue weighted by Crippen LogP contribution is 2.14. The molecule has 0 spiro atoms. The summed E-state index contributed by atoms with van der Waals surface area (Å²) in [6.45, 7) is 4.45. The van der Waals surface area contributed by atoms with Crippen LogP contribution in [0.2, 0.25) is 0 Å². The smallest absolute Gasteiger partial charge is 0.102 e. The first-order chi connectivity index (χ1) is 7.36. The number of hydrogen-bond donors (Lipinski definition) is 0. The molecule has 1 saturated heterocycles. The Morgan fingerprint density at radius 3 is 2.40 bits per heavy atom. The predicted molar refractivity (Wildman–Crippen MR) is 64.6 cm³/mol. The average molecular weight is 202 g/mol. The summed E-state index contributed by atoms with van der Waals surface area (Å²) in [5, 5.41) is 0. The van der Waals surface area contributed by atoms with Gasteiger partial charge in [0.05, 0.1) is 5.69 Å². The van der Waals surface area contributed by atoms with Crippen molar-refractivity contribution in [3.05, 3.63) is 30.3 Å². The second-order valence-corrected chi connectivity index (χ2v) is 4.04. The van der Waals surface area contributed by atoms with Gasteiger partial charge in [-0.15, -0.1) is 0 Å². The van der Waals surface area contributed by atoms with Crippen LogP contribution in [0.1, 0.15) is 26.2 Å². The van der Waals surface area contributed by atoms with Crippen LogP contribution in [-0.4, -0.2) is 23.8 Å². The summed E-state index contributed by atoms with van der Waals surface area (Å²) in [5.74, 6) is 1.15. The largest absolute Gasteiger partial charge is 0.360 e. The molecule has 1 aliphatic rings. The molecule has 1 fully saturated rings. The summed E-state index contributed by atoms with van der Waals surface area (Å²) >= 11 is 0. The monoisotopic (exact) mass is 202 g/mol. The Balaban J connectivity index is 2.06. The van der Waals surface area contributed by atoms with Gasteiger partial charge < -0.3 is 4.90 Å². The quantitative estimate of drug-likeness (QED) is 0.504. The Morgan fingerprint density at radius 2 is 1.73 bits per heavy atom. The van der Waals surface area contributed by atoms with E-state index >= 15 is 0 Å². The van der Waals surface area contributed by atoms with Crippen molar-refractivity contribution in [2.45, 2.75) is 26.2 Å². The second kappa shape index (κ2) is 4.96. The molecule has 0 radical (unpaired) electrons. The van der Waals surface area contributed by atoms with Crippen molar-refractivity contribution in [1.29, 1.82) is 0 Å². The van der Waals surface area contributed by atoms with Crippen LogP contribution in [0.4, 0.5) is 5.69 Å². The third kappa shape index (κ3) is 2.82. The van der Waals surface area contributed by atoms with Crippen LogP contribution in [0.15, 0.2) is 35.3 Å². The van der Waals surface area contributed by atoms with Crippen molar-refractivity contribution in [2.24, 2.45) is 4.99 Å². The zero-order chi connectivity index (χ0) is 10.5. The zero-order valence-corrected chi connectivity index (χ0v) is 9.32. The summed E-state index contributed by atoms with van der Waals surface area (Å²) < 4.78 is 0. The van der Waals surface area contributed by atoms with Gasteiger partial charge >= 0.3 is 0 Å². The lowest BCUT2D eigenvalue weighted by Crippen LogP contribution is -2.33. The lowest BCUT2D eigenvalue weighted by Gasteiger charge is -2.28. The molecule has 0 atom stereocenters. The maximum atomic E-state index is 4.63. The van der Waals surface area contributed by atoms with E-state index in [0.717, 1.165) is 11.5 Å². The van der Waals surface area contributed by atoms with E-state index in [1.54, 1.807) is 0 Å². The van der Waals surface area contributed by atoms with Gasteiger partial charge in [0.1, 0.15) is 5.84 Å². The SMILES string of the molecule is CC(=Nc1ccccc1)N1CCCCC1. The van der Waals surface area contributed by atoms with Gasteiger partial charge in [0, 0.05) is 13.1 Å². The van der Waals surface area contributed by atoms with Gasteiger partial charge in [0.25, 0.3) is 0 Å². The molecule has 0 unspecified atom stereocenters. The Bertz CT molecular complexity index is 324. The van der Waals surface area contributed by atoms with E-state index in [1.807, 2.05) is 30.3 Å². The van der Waals surface area contributed by atoms with Crippen LogP contribution in [0.5, 0.6) is 0 Å². The molecule has 0 saturated carbocycles. The molecule has 2 nitrogen and oxygen atoms in total. The highest BCUT2D eigenvalue weighted by molar-refractivity contribution is 5.82. The van der Waals surface area contributed by atoms with E-state index in [0.29, 0.717) is 0 Å². The van der Waals surface area contributed by atoms with Gasteiger partial charge in [-0.2, -0.15) is 0 Å². The second-order valence-electron chi connectivity index (χ2n) is 4.04. The van der Waals surface area contributed by atoms with Gasteiger partial charge in [-0.05, 0) is 38.3 Å². The topological polar surface area (TPSA) is 15.6 Å². The minimum absolute atomic E-state index is 1.06. The van der Waals surface area contributed by atoms with Crippen molar-refractivity contribution in [3.63, 3.8) is 0 Å². The van der Waals surface area contributed by atoms with Crippen molar-refractivity contribution in [2.75, 3.05) is 13.1 Å². The molecule has 15 heavy (non-hydrogen) atoms. The van der Waals surface area contributed by atoms with Gasteiger partial charge in [0.2, 0.25) is 0 Å². The van der Waals surface area contributed by atoms with Crippen LogP contribution in [0.25, 0.3) is 0 Å². The first-order valence-electron chi connectivity index (χ1n) is 5.71. The van der Waals surface area contributed by atoms with Crippen LogP contribution in [0, 0.1) is 0 Å². The molecule has 0 amide bonds. The van der Waals surface area contributed by atoms with Crippen LogP contribution >= 0.6 is 0 Å². The molecule has 0 bridgehead atoms. The van der Waals surface area contributed by atoms with Gasteiger partial charge in [-0.1, -0.05) is 18.2 Å². The van der Waals surface area contributed by atoms with E-state index in [9.17, 15) is 0 Å². The summed E-state index contributed by atoms with van der Waals surface area (Å²) in [5.41, 5.74) is 1.06. The molecule has 80 valence electrons. The number of para-hydroxylation sites is 1. The van der Waals surface area contributed by atoms with Gasteiger partial charge in [-0.25, -0.2) is 4.99 Å². The average Bonchev–Trinajstić information content (AvgIpc) is 2.31. The maximum absolute atomic E-state index is 4.63. The number of hydrogen-bond acceptors (Lipinski definition) is 1. The first-order valence-corrected chi connectivity index (χ1v) is 5.71. The minimum atomic E-state index is 1.06. The Hall–Kier alpha value is -1.31. The lowest BCUT2D eigenvalue weighted by atomic mass is 10.1. The van der Waals surface area contributed by atoms with E-state index < -0.39 is 0 Å². The van der Waals surface area contributed by atoms with Crippen LogP contribution < -0.4 is 0 Å². The first kappa shape index (κ1) is 10.2. The van der Waals surface area contributed by atoms with E-state index in [2.05, 4.69) is 16.8 Å². The molecular formula is C13H18N2. The summed E-state index contributed by atoms with van der Waals surface area (Å²) in [7, 11) is 0. The fourth-order valence-electron chi connectivity index (χ4n) is 1.98. The van der Waals surface area contributed by atoms with E-state index in [1.165, 1.54) is 32.4 Å². The number of benzene rings is 1. The molecule has 0 aliphatic carbocycles. The number of aliphatic imine (C=N–C) groups is 1. The zero-order valence-electron chi connectivity index (χ0n) is 9.32. The Morgan fingerprint density at radius 1 is 1.07 bits per heavy atom. The molecule has 1 aliphatic heterocycles. The predicted octanol–water partition coefficient (Wildman–Crippen LogP) is 3.22. The molecule has 1 aromatic carbocycles. The molecule has 1 aromatic rings. The molecular weight excluding hydrogens is 184 g/mol. The third-order valence-corrected chi connectivity index (χ3v) is 2.86. The van der Waals surface area contributed by atoms with E-state index in [-0.39, 0.29) is 0 Å². The lowest BCUT2D eigenvalue weighted by molar-refractivity contribution is 0.340. The Labute approximate surface area is 91.6 Å². The molecule has 2 heteroatoms. The minimum Gasteiger partial charge on any atom is -0.360 e. The standard InChI is InChI=1S/C13H18N2/c1-12(15-10-6-3-7-11-15)14-13-8-4-2-5-9-13/h2,4-5,8-9H,3,6-7,10-11H2,1H3. The summed E-state index contributed by atoms with van der Waals surface area (Å²) in [6.07, 6.45) is 3.98. The third-order valence-electron chi connectivity index (χ3n) is 2.86. The summed E-state index contributed by atoms with van der Waals surface area (Å²) in [4.78, 5) is 7.01. The molecule has 0 aromatic heterocycles. The van der Waals surface area contributed by atoms with Crippen molar-refractivity contribution in [1.82, 2.24) is 4.90 Å². The molecule has 2 rings (SSSR count). The van der Waals surface area contributed by atoms with Crippen LogP contribution in [0.3, 0.4) is 0 Å². The van der Waals surface area contributed by atoms with Gasteiger partial charge in [0.15, 0.2) is 0 Å². The highest BCUT2D eigenvalue weighted by Gasteiger charge is 2.10. The number of amidine groups is 1. The summed E-state index contributed by atoms with van der Waals surface area (Å²) in [6, 6.07) is 10.2. The molecule has 1 heterocycles. The fraction of sp³-hybridized carbons (Fsp3) is 0.462. The number of nitrogens with zero attached hydrogens (tertiary/aromatic N) is 2. The van der Waals surface area contributed by atoms with Crippen molar-refractivity contribution >= 4 is 11.5 Å². The van der Waals surface area contributed by atoms with Crippen molar-refractivity contribution < 1.29 is 0 Å². The highest BCUT2D eigenvalue weighted by atomic mass is 15.2. The molecule has 0 N–H and O–H groups in total. The maximum Gasteiger partial charge on any atom is 0.102 e. The number of rotatable bonds is 1. The fourth-order valence-corrected chi connectivity index (χ4v) is 1.98. The van der Waals surface area contributed by atoms with Gasteiger partial charge in [-0.3, -0.25) is 0 Å². The number of likely N-dealkylation sites (tertiary alicyclic amines) is 1. The van der Waals surface area contributed by atoms with E-state index in [4.69, 9.17) is 0 Å². The van der Waals surface area contributed by atoms with Crippen LogP contribution in [-0.2, 0) is 0 Å². The Kier molecular flexibility index (Phi) is 3.38. The number of piperidine rings is 1. The van der Waals surface area contributed by atoms with Crippen molar-refractivity contribution in [3.8, 4) is 0 Å².